The fourth-order valence-corrected chi connectivity index (χ4v) is 4.84. The van der Waals surface area contributed by atoms with E-state index in [9.17, 15) is 9.59 Å². The van der Waals surface area contributed by atoms with Crippen molar-refractivity contribution in [3.8, 4) is 0 Å². The Balaban J connectivity index is 1.53. The van der Waals surface area contributed by atoms with Gasteiger partial charge in [0.25, 0.3) is 11.8 Å². The molecule has 2 amide bonds. The molecule has 2 aliphatic heterocycles. The lowest BCUT2D eigenvalue weighted by atomic mass is 10.1. The Morgan fingerprint density at radius 1 is 0.889 bits per heavy atom. The number of carbonyl (C=O) groups is 2. The second-order valence-electron chi connectivity index (χ2n) is 6.55. The molecule has 0 fully saturated rings. The van der Waals surface area contributed by atoms with Crippen molar-refractivity contribution >= 4 is 35.0 Å². The first-order valence-electron chi connectivity index (χ1n) is 8.64. The molecule has 0 bridgehead atoms. The van der Waals surface area contributed by atoms with Crippen LogP contribution in [-0.4, -0.2) is 23.8 Å². The molecule has 0 unspecified atom stereocenters. The van der Waals surface area contributed by atoms with E-state index < -0.39 is 0 Å². The van der Waals surface area contributed by atoms with Crippen LogP contribution < -0.4 is 4.90 Å². The second-order valence-corrected chi connectivity index (χ2v) is 7.57. The summed E-state index contributed by atoms with van der Waals surface area (Å²) in [6.45, 7) is 0.262. The summed E-state index contributed by atoms with van der Waals surface area (Å²) >= 11 is 1.64. The van der Waals surface area contributed by atoms with Gasteiger partial charge in [0.15, 0.2) is 0 Å². The molecule has 3 aromatic rings. The summed E-state index contributed by atoms with van der Waals surface area (Å²) in [5.41, 5.74) is 4.10. The summed E-state index contributed by atoms with van der Waals surface area (Å²) in [5, 5.41) is 0. The number of hydrogen-bond acceptors (Lipinski definition) is 4. The van der Waals surface area contributed by atoms with Gasteiger partial charge in [-0.1, -0.05) is 48.2 Å². The first kappa shape index (κ1) is 16.1. The lowest BCUT2D eigenvalue weighted by Gasteiger charge is -2.31. The predicted molar refractivity (Wildman–Crippen MR) is 105 cm³/mol. The molecule has 0 saturated carbocycles. The maximum Gasteiger partial charge on any atom is 0.261 e. The summed E-state index contributed by atoms with van der Waals surface area (Å²) in [4.78, 5) is 31.0. The van der Waals surface area contributed by atoms with Gasteiger partial charge in [-0.25, -0.2) is 0 Å². The highest BCUT2D eigenvalue weighted by Crippen LogP contribution is 2.48. The van der Waals surface area contributed by atoms with E-state index in [-0.39, 0.29) is 18.4 Å². The third kappa shape index (κ3) is 2.39. The molecule has 131 valence electrons. The van der Waals surface area contributed by atoms with Crippen molar-refractivity contribution in [2.45, 2.75) is 16.3 Å². The average molecular weight is 371 g/mol. The Kier molecular flexibility index (Phi) is 3.58. The Bertz CT molecular complexity index is 1070. The highest BCUT2D eigenvalue weighted by atomic mass is 32.2. The Labute approximate surface area is 161 Å². The fourth-order valence-electron chi connectivity index (χ4n) is 3.62. The monoisotopic (exact) mass is 371 g/mol. The van der Waals surface area contributed by atoms with E-state index in [0.29, 0.717) is 11.1 Å². The molecule has 1 radical (unpaired) electrons. The average Bonchev–Trinajstić information content (AvgIpc) is 2.94. The van der Waals surface area contributed by atoms with Crippen LogP contribution in [0.2, 0.25) is 0 Å². The number of carbonyl (C=O) groups excluding carboxylic acids is 2. The topological polar surface area (TPSA) is 40.6 Å². The zero-order valence-corrected chi connectivity index (χ0v) is 15.4. The molecule has 0 saturated heterocycles. The van der Waals surface area contributed by atoms with Gasteiger partial charge in [-0.3, -0.25) is 14.5 Å². The number of hydrogen-bond donors (Lipinski definition) is 0. The van der Waals surface area contributed by atoms with E-state index in [1.807, 2.05) is 31.3 Å². The van der Waals surface area contributed by atoms with Gasteiger partial charge in [0.1, 0.15) is 0 Å². The van der Waals surface area contributed by atoms with Gasteiger partial charge in [0.2, 0.25) is 0 Å². The van der Waals surface area contributed by atoms with Gasteiger partial charge in [-0.05, 0) is 35.9 Å². The minimum atomic E-state index is -0.227. The van der Waals surface area contributed by atoms with E-state index in [2.05, 4.69) is 23.1 Å². The van der Waals surface area contributed by atoms with Gasteiger partial charge < -0.3 is 4.90 Å². The van der Waals surface area contributed by atoms with Crippen molar-refractivity contribution in [3.63, 3.8) is 0 Å². The van der Waals surface area contributed by atoms with Crippen LogP contribution in [-0.2, 0) is 6.54 Å². The molecule has 0 atom stereocenters. The van der Waals surface area contributed by atoms with Crippen LogP contribution in [0.25, 0.3) is 0 Å². The van der Waals surface area contributed by atoms with Crippen LogP contribution in [0, 0.1) is 6.07 Å². The van der Waals surface area contributed by atoms with E-state index in [1.54, 1.807) is 36.0 Å². The summed E-state index contributed by atoms with van der Waals surface area (Å²) in [5.74, 6) is -0.455. The molecule has 27 heavy (non-hydrogen) atoms. The third-order valence-electron chi connectivity index (χ3n) is 5.01. The van der Waals surface area contributed by atoms with Gasteiger partial charge in [-0.2, -0.15) is 0 Å². The first-order valence-corrected chi connectivity index (χ1v) is 9.46. The maximum absolute atomic E-state index is 12.7. The largest absolute Gasteiger partial charge is 0.343 e. The van der Waals surface area contributed by atoms with Crippen molar-refractivity contribution in [3.05, 3.63) is 83.4 Å². The number of benzene rings is 3. The highest BCUT2D eigenvalue weighted by Gasteiger charge is 2.36. The Hall–Kier alpha value is -3.05. The van der Waals surface area contributed by atoms with Gasteiger partial charge in [0.05, 0.1) is 29.0 Å². The normalized spacial score (nSPS) is 14.9. The number of anilines is 2. The first-order chi connectivity index (χ1) is 13.1. The smallest absolute Gasteiger partial charge is 0.261 e. The fraction of sp³-hybridized carbons (Fsp3) is 0.0909. The molecule has 0 spiro atoms. The van der Waals surface area contributed by atoms with Crippen LogP contribution in [0.1, 0.15) is 26.3 Å². The summed E-state index contributed by atoms with van der Waals surface area (Å²) in [6, 6.07) is 22.2. The molecule has 4 nitrogen and oxygen atoms in total. The molecule has 5 rings (SSSR count). The highest BCUT2D eigenvalue weighted by molar-refractivity contribution is 7.99. The Morgan fingerprint density at radius 2 is 1.59 bits per heavy atom. The molecule has 2 heterocycles. The third-order valence-corrected chi connectivity index (χ3v) is 6.21. The van der Waals surface area contributed by atoms with Gasteiger partial charge in [0, 0.05) is 16.8 Å². The van der Waals surface area contributed by atoms with Crippen molar-refractivity contribution in [1.29, 1.82) is 0 Å². The van der Waals surface area contributed by atoms with Crippen molar-refractivity contribution < 1.29 is 9.59 Å². The number of amides is 2. The molecule has 0 N–H and O–H groups in total. The maximum atomic E-state index is 12.7. The van der Waals surface area contributed by atoms with Crippen molar-refractivity contribution in [2.75, 3.05) is 11.9 Å². The van der Waals surface area contributed by atoms with E-state index in [4.69, 9.17) is 0 Å². The molecule has 0 aromatic heterocycles. The molecular formula is C22H15N2O2S. The zero-order chi connectivity index (χ0) is 18.5. The SMILES string of the molecule is CN1c2ccc[c]c2Sc2c(CN3C(=O)c4ccccc4C3=O)cccc21. The van der Waals surface area contributed by atoms with Crippen molar-refractivity contribution in [2.24, 2.45) is 0 Å². The summed E-state index contributed by atoms with van der Waals surface area (Å²) < 4.78 is 0. The van der Waals surface area contributed by atoms with Crippen LogP contribution in [0.15, 0.2) is 70.5 Å². The van der Waals surface area contributed by atoms with E-state index in [0.717, 1.165) is 26.7 Å². The lowest BCUT2D eigenvalue weighted by molar-refractivity contribution is 0.0641. The molecular weight excluding hydrogens is 356 g/mol. The minimum absolute atomic E-state index is 0.227. The number of fused-ring (bicyclic) bond motifs is 3. The number of imide groups is 1. The standard InChI is InChI=1S/C22H15N2O2S/c1-23-17-10-4-5-12-19(17)27-20-14(7-6-11-18(20)23)13-24-21(25)15-8-2-3-9-16(15)22(24)26/h2-11H,13H2,1H3. The molecule has 0 aliphatic carbocycles. The lowest BCUT2D eigenvalue weighted by Crippen LogP contribution is -2.29. The van der Waals surface area contributed by atoms with Crippen LogP contribution in [0.3, 0.4) is 0 Å². The quantitative estimate of drug-likeness (QED) is 0.621. The summed E-state index contributed by atoms with van der Waals surface area (Å²) in [7, 11) is 2.02. The van der Waals surface area contributed by atoms with Gasteiger partial charge in [-0.15, -0.1) is 0 Å². The zero-order valence-electron chi connectivity index (χ0n) is 14.6. The summed E-state index contributed by atoms with van der Waals surface area (Å²) in [6.07, 6.45) is 0. The van der Waals surface area contributed by atoms with E-state index >= 15 is 0 Å². The van der Waals surface area contributed by atoms with Crippen LogP contribution in [0.5, 0.6) is 0 Å². The molecule has 5 heteroatoms. The Morgan fingerprint density at radius 3 is 2.33 bits per heavy atom. The van der Waals surface area contributed by atoms with Gasteiger partial charge >= 0.3 is 0 Å². The molecule has 2 aliphatic rings. The number of nitrogens with zero attached hydrogens (tertiary/aromatic N) is 2. The number of rotatable bonds is 2. The molecule has 3 aromatic carbocycles. The van der Waals surface area contributed by atoms with Crippen molar-refractivity contribution in [1.82, 2.24) is 4.90 Å². The van der Waals surface area contributed by atoms with E-state index in [1.165, 1.54) is 4.90 Å². The minimum Gasteiger partial charge on any atom is -0.343 e. The van der Waals surface area contributed by atoms with Crippen LogP contribution >= 0.6 is 11.8 Å². The second kappa shape index (κ2) is 5.99. The predicted octanol–water partition coefficient (Wildman–Crippen LogP) is 4.52. The van der Waals surface area contributed by atoms with Crippen LogP contribution in [0.4, 0.5) is 11.4 Å².